The molecule has 1 heterocycles. The van der Waals surface area contributed by atoms with E-state index < -0.39 is 0 Å². The Kier molecular flexibility index (Phi) is 3.66. The number of nitrogen functional groups attached to an aromatic ring is 1. The monoisotopic (exact) mass is 320 g/mol. The summed E-state index contributed by atoms with van der Waals surface area (Å²) >= 11 is 13.4. The van der Waals surface area contributed by atoms with Gasteiger partial charge >= 0.3 is 0 Å². The minimum atomic E-state index is 0.557. The number of benzene rings is 2. The number of hydrogen-bond donors (Lipinski definition) is 1. The summed E-state index contributed by atoms with van der Waals surface area (Å²) in [6.45, 7) is 0. The van der Waals surface area contributed by atoms with E-state index in [1.54, 1.807) is 17.4 Å². The largest absolute Gasteiger partial charge is 0.398 e. The smallest absolute Gasteiger partial charge is 0.124 e. The van der Waals surface area contributed by atoms with Gasteiger partial charge in [-0.3, -0.25) is 0 Å². The molecule has 1 aromatic heterocycles. The number of halogens is 2. The van der Waals surface area contributed by atoms with Gasteiger partial charge in [-0.1, -0.05) is 41.4 Å². The van der Waals surface area contributed by atoms with E-state index in [2.05, 4.69) is 4.98 Å². The quantitative estimate of drug-likeness (QED) is 0.645. The van der Waals surface area contributed by atoms with Crippen LogP contribution in [0, 0.1) is 0 Å². The van der Waals surface area contributed by atoms with Crippen molar-refractivity contribution >= 4 is 40.2 Å². The number of nitrogens with two attached hydrogens (primary N) is 1. The summed E-state index contributed by atoms with van der Waals surface area (Å²) in [6, 6.07) is 13.2. The summed E-state index contributed by atoms with van der Waals surface area (Å²) < 4.78 is 0. The zero-order valence-electron chi connectivity index (χ0n) is 10.3. The van der Waals surface area contributed by atoms with Crippen molar-refractivity contribution in [2.45, 2.75) is 0 Å². The molecule has 2 N–H and O–H groups in total. The highest BCUT2D eigenvalue weighted by Gasteiger charge is 2.08. The van der Waals surface area contributed by atoms with E-state index in [0.29, 0.717) is 10.7 Å². The zero-order chi connectivity index (χ0) is 14.1. The highest BCUT2D eigenvalue weighted by Crippen LogP contribution is 2.31. The Hall–Kier alpha value is -1.55. The van der Waals surface area contributed by atoms with Gasteiger partial charge in [0, 0.05) is 21.5 Å². The number of hydrogen-bond acceptors (Lipinski definition) is 3. The van der Waals surface area contributed by atoms with Crippen LogP contribution in [-0.2, 0) is 0 Å². The van der Waals surface area contributed by atoms with Crippen LogP contribution in [0.25, 0.3) is 21.8 Å². The van der Waals surface area contributed by atoms with Crippen molar-refractivity contribution < 1.29 is 0 Å². The van der Waals surface area contributed by atoms with E-state index in [1.165, 1.54) is 0 Å². The van der Waals surface area contributed by atoms with Crippen molar-refractivity contribution in [1.82, 2.24) is 4.98 Å². The first-order chi connectivity index (χ1) is 9.63. The lowest BCUT2D eigenvalue weighted by molar-refractivity contribution is 1.40. The minimum Gasteiger partial charge on any atom is -0.398 e. The first kappa shape index (κ1) is 13.4. The lowest BCUT2D eigenvalue weighted by Gasteiger charge is -2.01. The predicted octanol–water partition coefficient (Wildman–Crippen LogP) is 5.37. The van der Waals surface area contributed by atoms with Crippen LogP contribution in [0.3, 0.4) is 0 Å². The average molecular weight is 321 g/mol. The van der Waals surface area contributed by atoms with Crippen LogP contribution in [0.5, 0.6) is 0 Å². The molecule has 0 unspecified atom stereocenters. The molecule has 0 radical (unpaired) electrons. The molecule has 0 bridgehead atoms. The van der Waals surface area contributed by atoms with E-state index in [0.717, 1.165) is 26.9 Å². The van der Waals surface area contributed by atoms with Crippen LogP contribution in [0.1, 0.15) is 0 Å². The van der Waals surface area contributed by atoms with Gasteiger partial charge in [0.2, 0.25) is 0 Å². The Balaban J connectivity index is 1.97. The number of thiazole rings is 1. The maximum Gasteiger partial charge on any atom is 0.124 e. The molecule has 2 nitrogen and oxygen atoms in total. The van der Waals surface area contributed by atoms with E-state index in [4.69, 9.17) is 28.9 Å². The van der Waals surface area contributed by atoms with Gasteiger partial charge in [0.05, 0.1) is 16.4 Å². The molecule has 0 aliphatic carbocycles. The number of nitrogens with zero attached hydrogens (tertiary/aromatic N) is 1. The molecule has 100 valence electrons. The molecule has 5 heteroatoms. The third kappa shape index (κ3) is 2.66. The lowest BCUT2D eigenvalue weighted by atomic mass is 10.1. The van der Waals surface area contributed by atoms with E-state index in [9.17, 15) is 0 Å². The normalized spacial score (nSPS) is 10.7. The SMILES string of the molecule is Nc1cc(-c2csc(-c3ccc(Cl)cc3)n2)ccc1Cl. The third-order valence-corrected chi connectivity index (χ3v) is 4.37. The fraction of sp³-hybridized carbons (Fsp3) is 0. The van der Waals surface area contributed by atoms with Crippen molar-refractivity contribution in [1.29, 1.82) is 0 Å². The summed E-state index contributed by atoms with van der Waals surface area (Å²) in [5.74, 6) is 0. The second-order valence-corrected chi connectivity index (χ2v) is 5.98. The van der Waals surface area contributed by atoms with Gasteiger partial charge in [-0.2, -0.15) is 0 Å². The van der Waals surface area contributed by atoms with Crippen LogP contribution in [-0.4, -0.2) is 4.98 Å². The first-order valence-electron chi connectivity index (χ1n) is 5.90. The summed E-state index contributed by atoms with van der Waals surface area (Å²) in [4.78, 5) is 4.63. The Labute approximate surface area is 130 Å². The molecule has 0 spiro atoms. The standard InChI is InChI=1S/C15H10Cl2N2S/c16-11-4-1-9(2-5-11)15-19-14(8-20-15)10-3-6-12(17)13(18)7-10/h1-8H,18H2. The van der Waals surface area contributed by atoms with Crippen molar-refractivity contribution in [3.8, 4) is 21.8 Å². The molecular formula is C15H10Cl2N2S. The molecule has 20 heavy (non-hydrogen) atoms. The fourth-order valence-corrected chi connectivity index (χ4v) is 2.91. The molecule has 0 aliphatic heterocycles. The maximum absolute atomic E-state index is 5.93. The second kappa shape index (κ2) is 5.44. The molecule has 0 atom stereocenters. The number of aromatic nitrogens is 1. The molecule has 0 saturated heterocycles. The lowest BCUT2D eigenvalue weighted by Crippen LogP contribution is -1.87. The molecule has 0 amide bonds. The van der Waals surface area contributed by atoms with Crippen LogP contribution >= 0.6 is 34.5 Å². The molecular weight excluding hydrogens is 311 g/mol. The maximum atomic E-state index is 5.93. The van der Waals surface area contributed by atoms with Crippen LogP contribution < -0.4 is 5.73 Å². The number of anilines is 1. The number of rotatable bonds is 2. The fourth-order valence-electron chi connectivity index (χ4n) is 1.83. The van der Waals surface area contributed by atoms with Crippen molar-refractivity contribution in [3.05, 3.63) is 57.9 Å². The van der Waals surface area contributed by atoms with Gasteiger partial charge in [-0.15, -0.1) is 11.3 Å². The molecule has 2 aromatic carbocycles. The zero-order valence-corrected chi connectivity index (χ0v) is 12.6. The van der Waals surface area contributed by atoms with Crippen LogP contribution in [0.2, 0.25) is 10.0 Å². The van der Waals surface area contributed by atoms with Crippen LogP contribution in [0.4, 0.5) is 5.69 Å². The van der Waals surface area contributed by atoms with Gasteiger partial charge in [0.1, 0.15) is 5.01 Å². The van der Waals surface area contributed by atoms with Crippen LogP contribution in [0.15, 0.2) is 47.8 Å². The molecule has 0 fully saturated rings. The third-order valence-electron chi connectivity index (χ3n) is 2.89. The van der Waals surface area contributed by atoms with Gasteiger partial charge in [-0.05, 0) is 24.3 Å². The average Bonchev–Trinajstić information content (AvgIpc) is 2.92. The van der Waals surface area contributed by atoms with Gasteiger partial charge in [-0.25, -0.2) is 4.98 Å². The second-order valence-electron chi connectivity index (χ2n) is 4.28. The summed E-state index contributed by atoms with van der Waals surface area (Å²) in [6.07, 6.45) is 0. The minimum absolute atomic E-state index is 0.557. The Bertz CT molecular complexity index is 751. The molecule has 0 aliphatic rings. The first-order valence-corrected chi connectivity index (χ1v) is 7.54. The topological polar surface area (TPSA) is 38.9 Å². The highest BCUT2D eigenvalue weighted by atomic mass is 35.5. The Morgan fingerprint density at radius 1 is 0.950 bits per heavy atom. The van der Waals surface area contributed by atoms with Gasteiger partial charge in [0.25, 0.3) is 0 Å². The summed E-state index contributed by atoms with van der Waals surface area (Å²) in [7, 11) is 0. The van der Waals surface area contributed by atoms with Crippen molar-refractivity contribution in [2.75, 3.05) is 5.73 Å². The summed E-state index contributed by atoms with van der Waals surface area (Å²) in [5.41, 5.74) is 9.28. The predicted molar refractivity (Wildman–Crippen MR) is 87.4 cm³/mol. The molecule has 3 rings (SSSR count). The van der Waals surface area contributed by atoms with Crippen molar-refractivity contribution in [3.63, 3.8) is 0 Å². The Morgan fingerprint density at radius 2 is 1.65 bits per heavy atom. The highest BCUT2D eigenvalue weighted by molar-refractivity contribution is 7.13. The van der Waals surface area contributed by atoms with Gasteiger partial charge in [0.15, 0.2) is 0 Å². The van der Waals surface area contributed by atoms with E-state index in [1.807, 2.05) is 41.8 Å². The molecule has 0 saturated carbocycles. The van der Waals surface area contributed by atoms with Crippen molar-refractivity contribution in [2.24, 2.45) is 0 Å². The van der Waals surface area contributed by atoms with E-state index in [-0.39, 0.29) is 0 Å². The Morgan fingerprint density at radius 3 is 2.35 bits per heavy atom. The van der Waals surface area contributed by atoms with Gasteiger partial charge < -0.3 is 5.73 Å². The molecule has 3 aromatic rings. The summed E-state index contributed by atoms with van der Waals surface area (Å²) in [5, 5.41) is 4.23. The van der Waals surface area contributed by atoms with E-state index >= 15 is 0 Å².